The van der Waals surface area contributed by atoms with Crippen LogP contribution in [-0.2, 0) is 42.1 Å². The summed E-state index contributed by atoms with van der Waals surface area (Å²) in [6.45, 7) is 12.5. The number of hydrogen-bond acceptors (Lipinski definition) is 17. The molecule has 2 N–H and O–H groups in total. The summed E-state index contributed by atoms with van der Waals surface area (Å²) in [6, 6.07) is 50.3. The molecule has 6 aromatic carbocycles. The van der Waals surface area contributed by atoms with E-state index in [2.05, 4.69) is 64.3 Å². The smallest absolute Gasteiger partial charge is 0.259 e. The Kier molecular flexibility index (Phi) is 21.6. The second kappa shape index (κ2) is 29.8. The summed E-state index contributed by atoms with van der Waals surface area (Å²) in [5.74, 6) is 0.643. The first-order valence-electron chi connectivity index (χ1n) is 29.3. The van der Waals surface area contributed by atoms with Gasteiger partial charge in [-0.25, -0.2) is 9.65 Å². The van der Waals surface area contributed by atoms with E-state index in [1.54, 1.807) is 63.2 Å². The highest BCUT2D eigenvalue weighted by molar-refractivity contribution is 7.44. The Morgan fingerprint density at radius 2 is 1.36 bits per heavy atom. The lowest BCUT2D eigenvalue weighted by atomic mass is 9.80. The third-order valence-corrected chi connectivity index (χ3v) is 16.9. The van der Waals surface area contributed by atoms with Gasteiger partial charge in [0.25, 0.3) is 14.4 Å². The van der Waals surface area contributed by atoms with Gasteiger partial charge in [0.15, 0.2) is 11.2 Å². The van der Waals surface area contributed by atoms with Crippen LogP contribution in [0.15, 0.2) is 168 Å². The number of fused-ring (bicyclic) bond motifs is 1. The molecule has 3 heterocycles. The number of benzene rings is 6. The van der Waals surface area contributed by atoms with Crippen molar-refractivity contribution in [2.75, 3.05) is 51.7 Å². The van der Waals surface area contributed by atoms with Gasteiger partial charge in [-0.3, -0.25) is 19.5 Å². The van der Waals surface area contributed by atoms with Gasteiger partial charge in [-0.2, -0.15) is 25.5 Å². The van der Waals surface area contributed by atoms with Crippen LogP contribution in [0.25, 0.3) is 11.2 Å². The molecule has 1 aliphatic heterocycles. The van der Waals surface area contributed by atoms with Gasteiger partial charge < -0.3 is 42.9 Å². The van der Waals surface area contributed by atoms with Gasteiger partial charge in [0.05, 0.1) is 63.7 Å². The van der Waals surface area contributed by atoms with Crippen molar-refractivity contribution in [3.05, 3.63) is 191 Å². The Bertz CT molecular complexity index is 3580. The van der Waals surface area contributed by atoms with Crippen LogP contribution in [0.5, 0.6) is 17.4 Å². The predicted octanol–water partition coefficient (Wildman–Crippen LogP) is 13.4. The molecule has 1 aliphatic rings. The molecule has 0 aliphatic carbocycles. The Morgan fingerprint density at radius 1 is 0.773 bits per heavy atom. The topological polar surface area (TPSA) is 221 Å². The van der Waals surface area contributed by atoms with E-state index in [0.29, 0.717) is 40.3 Å². The van der Waals surface area contributed by atoms with Crippen LogP contribution in [0.2, 0.25) is 0 Å². The first-order valence-corrected chi connectivity index (χ1v) is 30.4. The summed E-state index contributed by atoms with van der Waals surface area (Å²) < 4.78 is 50.0. The maximum Gasteiger partial charge on any atom is 0.259 e. The summed E-state index contributed by atoms with van der Waals surface area (Å²) in [6.07, 6.45) is -0.00680. The fourth-order valence-electron chi connectivity index (χ4n) is 10.1. The number of carbonyl (C=O) groups excluding carboxylic acids is 2. The number of aromatic nitrogens is 4. The fourth-order valence-corrected chi connectivity index (χ4v) is 11.9. The van der Waals surface area contributed by atoms with Crippen molar-refractivity contribution in [2.24, 2.45) is 16.1 Å². The zero-order chi connectivity index (χ0) is 62.3. The number of imidazole rings is 1. The van der Waals surface area contributed by atoms with Crippen LogP contribution in [0.1, 0.15) is 98.8 Å². The molecule has 0 bridgehead atoms. The SMILES string of the molecule is COc1ccc(C(OC[C@H]2O[C@@H](n3cnc4c(OCc5ccc(CNC(=O)c6ccc(N=Nc7ccc(N(C)C)cc7)cc6)cc5)nc(NC(=O)C(C)C)nc43)CC2OP(OCCC#N)N(C(C)C)C(C)C)(c2ccccc2)c2ccc(OC)cc2)cc1. The first-order chi connectivity index (χ1) is 42.6. The maximum atomic E-state index is 13.3. The van der Waals surface area contributed by atoms with E-state index in [4.69, 9.17) is 42.7 Å². The van der Waals surface area contributed by atoms with Gasteiger partial charge in [-0.15, -0.1) is 0 Å². The largest absolute Gasteiger partial charge is 0.497 e. The molecular weight excluding hydrogens is 1130 g/mol. The molecule has 1 fully saturated rings. The van der Waals surface area contributed by atoms with Crippen molar-refractivity contribution in [2.45, 2.75) is 104 Å². The average molecular weight is 1210 g/mol. The first kappa shape index (κ1) is 63.8. The number of anilines is 2. The van der Waals surface area contributed by atoms with Gasteiger partial charge in [0.2, 0.25) is 17.7 Å². The molecule has 21 heteroatoms. The van der Waals surface area contributed by atoms with Crippen molar-refractivity contribution in [3.63, 3.8) is 0 Å². The molecule has 1 saturated heterocycles. The zero-order valence-electron chi connectivity index (χ0n) is 51.4. The van der Waals surface area contributed by atoms with Gasteiger partial charge in [0, 0.05) is 56.3 Å². The van der Waals surface area contributed by atoms with Crippen molar-refractivity contribution in [1.29, 1.82) is 5.26 Å². The predicted molar refractivity (Wildman–Crippen MR) is 339 cm³/mol. The molecule has 20 nitrogen and oxygen atoms in total. The summed E-state index contributed by atoms with van der Waals surface area (Å²) in [5, 5.41) is 24.1. The second-order valence-corrected chi connectivity index (χ2v) is 23.5. The number of methoxy groups -OCH3 is 2. The van der Waals surface area contributed by atoms with Crippen LogP contribution in [0.4, 0.5) is 23.0 Å². The molecular formula is C67H76N11O9P. The standard InChI is InChI=1S/C67H76N11O9P/c1-44(2)63(79)72-66-71-62-61(65(73-66)83-41-48-19-17-47(18-20-48)40-69-64(80)49-21-27-53(28-22-49)74-75-54-29-31-55(32-30-54)76(7)8)70-43-77(62)60-39-58(87-88(85-38-14-37-68)78(45(3)4)46(5)6)59(86-60)42-84-67(50-15-12-11-13-16-50,51-23-33-56(81-9)34-24-51)52-25-35-57(82-10)36-26-52/h11-13,15-36,43-46,58-60H,14,38-42H2,1-10H3,(H,69,80)(H,71,72,73,79)/t58?,59-,60-,88?/m1/s1. The van der Waals surface area contributed by atoms with Gasteiger partial charge in [-0.05, 0) is 128 Å². The summed E-state index contributed by atoms with van der Waals surface area (Å²) in [5.41, 5.74) is 6.65. The number of carbonyl (C=O) groups is 2. The molecule has 8 aromatic rings. The van der Waals surface area contributed by atoms with Crippen LogP contribution in [-0.4, -0.2) is 102 Å². The third kappa shape index (κ3) is 15.5. The molecule has 2 amide bonds. The summed E-state index contributed by atoms with van der Waals surface area (Å²) in [4.78, 5) is 42.9. The summed E-state index contributed by atoms with van der Waals surface area (Å²) in [7, 11) is 5.48. The number of azo groups is 1. The van der Waals surface area contributed by atoms with Crippen molar-refractivity contribution in [3.8, 4) is 23.4 Å². The molecule has 2 unspecified atom stereocenters. The van der Waals surface area contributed by atoms with Gasteiger partial charge in [-0.1, -0.05) is 92.7 Å². The number of rotatable bonds is 28. The van der Waals surface area contributed by atoms with Crippen LogP contribution >= 0.6 is 8.53 Å². The van der Waals surface area contributed by atoms with Crippen LogP contribution in [0, 0.1) is 17.2 Å². The van der Waals surface area contributed by atoms with E-state index in [0.717, 1.165) is 39.2 Å². The van der Waals surface area contributed by atoms with E-state index in [1.807, 2.05) is 146 Å². The number of ether oxygens (including phenoxy) is 5. The zero-order valence-corrected chi connectivity index (χ0v) is 52.3. The van der Waals surface area contributed by atoms with Gasteiger partial charge in [0.1, 0.15) is 36.0 Å². The van der Waals surface area contributed by atoms with E-state index >= 15 is 0 Å². The Morgan fingerprint density at radius 3 is 1.93 bits per heavy atom. The minimum atomic E-state index is -1.75. The molecule has 0 saturated carbocycles. The minimum Gasteiger partial charge on any atom is -0.497 e. The third-order valence-electron chi connectivity index (χ3n) is 14.8. The van der Waals surface area contributed by atoms with Gasteiger partial charge >= 0.3 is 0 Å². The summed E-state index contributed by atoms with van der Waals surface area (Å²) >= 11 is 0. The number of hydrogen-bond donors (Lipinski definition) is 2. The molecule has 2 aromatic heterocycles. The van der Waals surface area contributed by atoms with Crippen molar-refractivity contribution < 1.29 is 42.3 Å². The minimum absolute atomic E-state index is 0.0199. The fraction of sp³-hybridized carbons (Fsp3) is 0.343. The molecule has 0 spiro atoms. The number of amides is 2. The van der Waals surface area contributed by atoms with E-state index in [-0.39, 0.29) is 74.4 Å². The lowest BCUT2D eigenvalue weighted by Crippen LogP contribution is -2.39. The lowest BCUT2D eigenvalue weighted by molar-refractivity contribution is -0.118. The normalized spacial score (nSPS) is 15.5. The number of nitrogens with zero attached hydrogens (tertiary/aromatic N) is 9. The second-order valence-electron chi connectivity index (χ2n) is 22.1. The number of nitriles is 1. The van der Waals surface area contributed by atoms with E-state index in [9.17, 15) is 14.9 Å². The molecule has 88 heavy (non-hydrogen) atoms. The van der Waals surface area contributed by atoms with E-state index < -0.39 is 32.6 Å². The van der Waals surface area contributed by atoms with Crippen LogP contribution < -0.4 is 29.7 Å². The quantitative estimate of drug-likeness (QED) is 0.0201. The van der Waals surface area contributed by atoms with Crippen LogP contribution in [0.3, 0.4) is 0 Å². The monoisotopic (exact) mass is 1210 g/mol. The molecule has 9 rings (SSSR count). The molecule has 4 atom stereocenters. The Balaban J connectivity index is 0.979. The average Bonchev–Trinajstić information content (AvgIpc) is 1.03. The maximum absolute atomic E-state index is 13.3. The highest BCUT2D eigenvalue weighted by atomic mass is 31.2. The van der Waals surface area contributed by atoms with Crippen molar-refractivity contribution in [1.82, 2.24) is 29.5 Å². The van der Waals surface area contributed by atoms with E-state index in [1.165, 1.54) is 0 Å². The molecule has 458 valence electrons. The highest BCUT2D eigenvalue weighted by Crippen LogP contribution is 2.51. The lowest BCUT2D eigenvalue weighted by Gasteiger charge is -2.39. The molecule has 0 radical (unpaired) electrons. The highest BCUT2D eigenvalue weighted by Gasteiger charge is 2.45. The Labute approximate surface area is 515 Å². The van der Waals surface area contributed by atoms with Crippen molar-refractivity contribution >= 4 is 54.5 Å². The Hall–Kier alpha value is -8.67. The number of nitrogens with one attached hydrogen (secondary N) is 2.